The lowest BCUT2D eigenvalue weighted by molar-refractivity contribution is -0.0500. The maximum absolute atomic E-state index is 13.2. The van der Waals surface area contributed by atoms with Gasteiger partial charge in [0.05, 0.1) is 0 Å². The van der Waals surface area contributed by atoms with Crippen molar-refractivity contribution >= 4 is 5.91 Å². The fourth-order valence-electron chi connectivity index (χ4n) is 6.11. The van der Waals surface area contributed by atoms with Gasteiger partial charge in [-0.3, -0.25) is 14.4 Å². The number of hydrogen-bond donors (Lipinski definition) is 0. The monoisotopic (exact) mass is 392 g/mol. The SMILES string of the molecule is CCn1nccc1C(=O)N1C[C@@H]2C[C@H](C1)[C@@H]1CCC[C@H](Cc3ccccc3)N1C2. The van der Waals surface area contributed by atoms with Gasteiger partial charge in [-0.25, -0.2) is 0 Å². The molecular weight excluding hydrogens is 360 g/mol. The third-order valence-corrected chi connectivity index (χ3v) is 7.35. The van der Waals surface area contributed by atoms with Gasteiger partial charge in [0, 0.05) is 44.5 Å². The van der Waals surface area contributed by atoms with Crippen LogP contribution in [-0.2, 0) is 13.0 Å². The molecule has 0 aliphatic carbocycles. The molecule has 0 spiro atoms. The van der Waals surface area contributed by atoms with Crippen LogP contribution in [0.4, 0.5) is 0 Å². The van der Waals surface area contributed by atoms with E-state index in [4.69, 9.17) is 0 Å². The van der Waals surface area contributed by atoms with E-state index in [1.54, 1.807) is 6.20 Å². The third kappa shape index (κ3) is 3.61. The molecule has 5 nitrogen and oxygen atoms in total. The Labute approximate surface area is 173 Å². The standard InChI is InChI=1S/C24H32N4O/c1-2-28-23(11-12-25-28)24(29)26-15-19-13-20(17-26)22-10-6-9-21(27(22)16-19)14-18-7-4-3-5-8-18/h3-5,7-8,11-12,19-22H,2,6,9-10,13-17H2,1H3/t19-,20+,21+,22-/m0/s1. The number of carbonyl (C=O) groups excluding carboxylic acids is 1. The van der Waals surface area contributed by atoms with Gasteiger partial charge in [0.25, 0.3) is 5.91 Å². The quantitative estimate of drug-likeness (QED) is 0.800. The molecule has 1 aromatic heterocycles. The number of amides is 1. The maximum atomic E-state index is 13.2. The van der Waals surface area contributed by atoms with Gasteiger partial charge in [0.2, 0.25) is 0 Å². The number of nitrogens with zero attached hydrogens (tertiary/aromatic N) is 4. The highest BCUT2D eigenvalue weighted by Gasteiger charge is 2.45. The number of benzene rings is 1. The van der Waals surface area contributed by atoms with E-state index in [1.807, 2.05) is 17.7 Å². The van der Waals surface area contributed by atoms with E-state index < -0.39 is 0 Å². The summed E-state index contributed by atoms with van der Waals surface area (Å²) in [5.74, 6) is 1.38. The van der Waals surface area contributed by atoms with Crippen molar-refractivity contribution in [2.45, 2.75) is 57.7 Å². The lowest BCUT2D eigenvalue weighted by Gasteiger charge is -2.55. The van der Waals surface area contributed by atoms with Crippen LogP contribution in [0.1, 0.15) is 48.7 Å². The van der Waals surface area contributed by atoms with E-state index in [1.165, 1.54) is 31.2 Å². The average Bonchev–Trinajstić information content (AvgIpc) is 3.23. The first-order chi connectivity index (χ1) is 14.2. The van der Waals surface area contributed by atoms with Crippen LogP contribution in [0.25, 0.3) is 0 Å². The highest BCUT2D eigenvalue weighted by molar-refractivity contribution is 5.92. The number of aromatic nitrogens is 2. The van der Waals surface area contributed by atoms with Crippen molar-refractivity contribution in [1.29, 1.82) is 0 Å². The zero-order valence-corrected chi connectivity index (χ0v) is 17.4. The first kappa shape index (κ1) is 18.9. The smallest absolute Gasteiger partial charge is 0.272 e. The van der Waals surface area contributed by atoms with Crippen LogP contribution in [0, 0.1) is 11.8 Å². The summed E-state index contributed by atoms with van der Waals surface area (Å²) in [5.41, 5.74) is 2.20. The van der Waals surface area contributed by atoms with Crippen LogP contribution < -0.4 is 0 Å². The Balaban J connectivity index is 1.31. The van der Waals surface area contributed by atoms with Crippen molar-refractivity contribution in [1.82, 2.24) is 19.6 Å². The van der Waals surface area contributed by atoms with Gasteiger partial charge in [-0.1, -0.05) is 36.8 Å². The molecule has 1 amide bonds. The summed E-state index contributed by atoms with van der Waals surface area (Å²) in [6.45, 7) is 5.73. The Morgan fingerprint density at radius 2 is 1.97 bits per heavy atom. The summed E-state index contributed by atoms with van der Waals surface area (Å²) in [7, 11) is 0. The van der Waals surface area contributed by atoms with E-state index in [0.29, 0.717) is 23.9 Å². The molecule has 0 saturated carbocycles. The largest absolute Gasteiger partial charge is 0.337 e. The van der Waals surface area contributed by atoms with Crippen LogP contribution in [-0.4, -0.2) is 57.2 Å². The van der Waals surface area contributed by atoms with E-state index in [0.717, 1.165) is 38.3 Å². The van der Waals surface area contributed by atoms with E-state index in [9.17, 15) is 4.79 Å². The third-order valence-electron chi connectivity index (χ3n) is 7.35. The fourth-order valence-corrected chi connectivity index (χ4v) is 6.11. The Morgan fingerprint density at radius 3 is 2.79 bits per heavy atom. The molecule has 5 rings (SSSR count). The molecule has 0 N–H and O–H groups in total. The number of carbonyl (C=O) groups is 1. The number of fused-ring (bicyclic) bond motifs is 4. The molecule has 29 heavy (non-hydrogen) atoms. The van der Waals surface area contributed by atoms with Crippen molar-refractivity contribution in [3.05, 3.63) is 53.9 Å². The maximum Gasteiger partial charge on any atom is 0.272 e. The first-order valence-electron chi connectivity index (χ1n) is 11.3. The van der Waals surface area contributed by atoms with Gasteiger partial charge < -0.3 is 4.90 Å². The minimum atomic E-state index is 0.171. The minimum absolute atomic E-state index is 0.171. The number of piperidine rings is 3. The predicted octanol–water partition coefficient (Wildman–Crippen LogP) is 3.46. The topological polar surface area (TPSA) is 41.4 Å². The first-order valence-corrected chi connectivity index (χ1v) is 11.3. The second kappa shape index (κ2) is 7.94. The molecule has 0 radical (unpaired) electrons. The summed E-state index contributed by atoms with van der Waals surface area (Å²) in [5, 5.41) is 4.30. The van der Waals surface area contributed by atoms with Crippen molar-refractivity contribution in [2.75, 3.05) is 19.6 Å². The second-order valence-electron chi connectivity index (χ2n) is 9.14. The van der Waals surface area contributed by atoms with Crippen molar-refractivity contribution in [2.24, 2.45) is 11.8 Å². The molecule has 5 heteroatoms. The summed E-state index contributed by atoms with van der Waals surface area (Å²) in [4.78, 5) is 18.1. The van der Waals surface area contributed by atoms with Crippen molar-refractivity contribution in [3.8, 4) is 0 Å². The van der Waals surface area contributed by atoms with Crippen molar-refractivity contribution < 1.29 is 4.79 Å². The molecule has 4 heterocycles. The van der Waals surface area contributed by atoms with E-state index in [2.05, 4.69) is 45.2 Å². The number of rotatable bonds is 4. The minimum Gasteiger partial charge on any atom is -0.337 e. The average molecular weight is 393 g/mol. The summed E-state index contributed by atoms with van der Waals surface area (Å²) in [6, 6.07) is 14.1. The molecule has 4 atom stereocenters. The molecule has 3 saturated heterocycles. The Hall–Kier alpha value is -2.14. The normalized spacial score (nSPS) is 29.5. The van der Waals surface area contributed by atoms with Gasteiger partial charge in [0.15, 0.2) is 0 Å². The van der Waals surface area contributed by atoms with Crippen LogP contribution in [0.3, 0.4) is 0 Å². The fraction of sp³-hybridized carbons (Fsp3) is 0.583. The molecule has 2 bridgehead atoms. The molecule has 3 aliphatic heterocycles. The van der Waals surface area contributed by atoms with Gasteiger partial charge in [-0.15, -0.1) is 0 Å². The number of likely N-dealkylation sites (tertiary alicyclic amines) is 1. The van der Waals surface area contributed by atoms with E-state index >= 15 is 0 Å². The van der Waals surface area contributed by atoms with Crippen LogP contribution in [0.5, 0.6) is 0 Å². The molecule has 154 valence electrons. The van der Waals surface area contributed by atoms with Gasteiger partial charge in [-0.2, -0.15) is 5.10 Å². The number of hydrogen-bond acceptors (Lipinski definition) is 3. The number of aryl methyl sites for hydroxylation is 1. The lowest BCUT2D eigenvalue weighted by atomic mass is 9.74. The molecule has 3 fully saturated rings. The summed E-state index contributed by atoms with van der Waals surface area (Å²) >= 11 is 0. The zero-order valence-electron chi connectivity index (χ0n) is 17.4. The van der Waals surface area contributed by atoms with Crippen LogP contribution in [0.2, 0.25) is 0 Å². The Morgan fingerprint density at radius 1 is 1.10 bits per heavy atom. The molecule has 0 unspecified atom stereocenters. The second-order valence-corrected chi connectivity index (χ2v) is 9.14. The molecule has 1 aromatic carbocycles. The molecule has 2 aromatic rings. The lowest BCUT2D eigenvalue weighted by Crippen LogP contribution is -2.62. The Bertz CT molecular complexity index is 848. The molecule has 3 aliphatic rings. The summed E-state index contributed by atoms with van der Waals surface area (Å²) in [6.07, 6.45) is 8.11. The summed E-state index contributed by atoms with van der Waals surface area (Å²) < 4.78 is 1.83. The highest BCUT2D eigenvalue weighted by Crippen LogP contribution is 2.40. The Kier molecular flexibility index (Phi) is 5.17. The van der Waals surface area contributed by atoms with Gasteiger partial charge >= 0.3 is 0 Å². The predicted molar refractivity (Wildman–Crippen MR) is 114 cm³/mol. The highest BCUT2D eigenvalue weighted by atomic mass is 16.2. The van der Waals surface area contributed by atoms with Gasteiger partial charge in [0.1, 0.15) is 5.69 Å². The van der Waals surface area contributed by atoms with Crippen LogP contribution >= 0.6 is 0 Å². The van der Waals surface area contributed by atoms with Crippen molar-refractivity contribution in [3.63, 3.8) is 0 Å². The molecular formula is C24H32N4O. The van der Waals surface area contributed by atoms with E-state index in [-0.39, 0.29) is 5.91 Å². The van der Waals surface area contributed by atoms with Crippen LogP contribution in [0.15, 0.2) is 42.6 Å². The van der Waals surface area contributed by atoms with Gasteiger partial charge in [-0.05, 0) is 56.1 Å². The zero-order chi connectivity index (χ0) is 19.8.